The Bertz CT molecular complexity index is 181. The standard InChI is InChI=1S/C9H17F3N2O/c10-9(11,12)4-3-8(14-13)7-2-1-5-15-6-7/h7-8,14H,1-6,13H2. The third-order valence-electron chi connectivity index (χ3n) is 2.72. The van der Waals surface area contributed by atoms with Gasteiger partial charge in [0.15, 0.2) is 0 Å². The predicted octanol–water partition coefficient (Wildman–Crippen LogP) is 1.59. The van der Waals surface area contributed by atoms with E-state index in [1.54, 1.807) is 0 Å². The fourth-order valence-electron chi connectivity index (χ4n) is 1.86. The summed E-state index contributed by atoms with van der Waals surface area (Å²) in [6.45, 7) is 1.21. The van der Waals surface area contributed by atoms with Gasteiger partial charge in [0.25, 0.3) is 0 Å². The minimum absolute atomic E-state index is 0.0219. The summed E-state index contributed by atoms with van der Waals surface area (Å²) in [4.78, 5) is 0. The second-order valence-corrected chi connectivity index (χ2v) is 3.90. The van der Waals surface area contributed by atoms with E-state index in [-0.39, 0.29) is 18.4 Å². The number of halogens is 3. The number of alkyl halides is 3. The molecule has 0 aliphatic carbocycles. The zero-order valence-electron chi connectivity index (χ0n) is 8.52. The molecule has 0 aromatic rings. The molecule has 15 heavy (non-hydrogen) atoms. The lowest BCUT2D eigenvalue weighted by atomic mass is 9.91. The van der Waals surface area contributed by atoms with Crippen LogP contribution in [-0.4, -0.2) is 25.4 Å². The maximum absolute atomic E-state index is 12.0. The van der Waals surface area contributed by atoms with Crippen LogP contribution in [0.5, 0.6) is 0 Å². The van der Waals surface area contributed by atoms with E-state index < -0.39 is 12.6 Å². The highest BCUT2D eigenvalue weighted by atomic mass is 19.4. The van der Waals surface area contributed by atoms with Crippen LogP contribution in [0, 0.1) is 5.92 Å². The van der Waals surface area contributed by atoms with Gasteiger partial charge in [0.2, 0.25) is 0 Å². The average molecular weight is 226 g/mol. The molecule has 1 aliphatic heterocycles. The normalized spacial score (nSPS) is 25.2. The van der Waals surface area contributed by atoms with Crippen molar-refractivity contribution in [1.82, 2.24) is 5.43 Å². The molecule has 0 bridgehead atoms. The van der Waals surface area contributed by atoms with Gasteiger partial charge in [-0.2, -0.15) is 13.2 Å². The quantitative estimate of drug-likeness (QED) is 0.565. The lowest BCUT2D eigenvalue weighted by Gasteiger charge is -2.29. The van der Waals surface area contributed by atoms with Crippen LogP contribution in [0.4, 0.5) is 13.2 Å². The third-order valence-corrected chi connectivity index (χ3v) is 2.72. The first-order chi connectivity index (χ1) is 7.03. The Kier molecular flexibility index (Phi) is 4.82. The summed E-state index contributed by atoms with van der Waals surface area (Å²) in [6.07, 6.45) is -3.10. The Hall–Kier alpha value is -0.330. The highest BCUT2D eigenvalue weighted by molar-refractivity contribution is 4.77. The van der Waals surface area contributed by atoms with Crippen molar-refractivity contribution < 1.29 is 17.9 Å². The zero-order valence-corrected chi connectivity index (χ0v) is 8.52. The molecule has 0 spiro atoms. The number of nitrogens with one attached hydrogen (secondary N) is 1. The van der Waals surface area contributed by atoms with Crippen LogP contribution in [0.1, 0.15) is 25.7 Å². The molecular weight excluding hydrogens is 209 g/mol. The summed E-state index contributed by atoms with van der Waals surface area (Å²) in [7, 11) is 0. The topological polar surface area (TPSA) is 47.3 Å². The number of hydrogen-bond acceptors (Lipinski definition) is 3. The van der Waals surface area contributed by atoms with Gasteiger partial charge in [-0.3, -0.25) is 11.3 Å². The van der Waals surface area contributed by atoms with Crippen LogP contribution in [0.25, 0.3) is 0 Å². The summed E-state index contributed by atoms with van der Waals surface area (Å²) < 4.78 is 41.3. The molecule has 0 amide bonds. The summed E-state index contributed by atoms with van der Waals surface area (Å²) in [5, 5.41) is 0. The fraction of sp³-hybridized carbons (Fsp3) is 1.00. The number of hydrazine groups is 1. The maximum atomic E-state index is 12.0. The van der Waals surface area contributed by atoms with Crippen molar-refractivity contribution in [2.45, 2.75) is 37.9 Å². The van der Waals surface area contributed by atoms with Crippen LogP contribution in [-0.2, 0) is 4.74 Å². The number of hydrogen-bond donors (Lipinski definition) is 2. The molecule has 0 aromatic heterocycles. The van der Waals surface area contributed by atoms with Crippen LogP contribution < -0.4 is 11.3 Å². The van der Waals surface area contributed by atoms with Crippen molar-refractivity contribution in [2.24, 2.45) is 11.8 Å². The molecule has 3 nitrogen and oxygen atoms in total. The first-order valence-corrected chi connectivity index (χ1v) is 5.13. The van der Waals surface area contributed by atoms with Gasteiger partial charge >= 0.3 is 6.18 Å². The first kappa shape index (κ1) is 12.7. The molecule has 6 heteroatoms. The van der Waals surface area contributed by atoms with Crippen LogP contribution in [0.2, 0.25) is 0 Å². The van der Waals surface area contributed by atoms with E-state index in [2.05, 4.69) is 5.43 Å². The Morgan fingerprint density at radius 2 is 2.20 bits per heavy atom. The second kappa shape index (κ2) is 5.67. The molecular formula is C9H17F3N2O. The molecule has 1 aliphatic rings. The van der Waals surface area contributed by atoms with Crippen LogP contribution in [0.15, 0.2) is 0 Å². The van der Waals surface area contributed by atoms with Crippen molar-refractivity contribution in [3.63, 3.8) is 0 Å². The minimum Gasteiger partial charge on any atom is -0.381 e. The van der Waals surface area contributed by atoms with E-state index in [4.69, 9.17) is 10.6 Å². The lowest BCUT2D eigenvalue weighted by Crippen LogP contribution is -2.44. The monoisotopic (exact) mass is 226 g/mol. The van der Waals surface area contributed by atoms with Gasteiger partial charge in [0, 0.05) is 19.1 Å². The number of ether oxygens (including phenoxy) is 1. The van der Waals surface area contributed by atoms with Crippen LogP contribution >= 0.6 is 0 Å². The van der Waals surface area contributed by atoms with Gasteiger partial charge < -0.3 is 4.74 Å². The largest absolute Gasteiger partial charge is 0.389 e. The smallest absolute Gasteiger partial charge is 0.381 e. The minimum atomic E-state index is -4.11. The van der Waals surface area contributed by atoms with E-state index in [0.29, 0.717) is 13.2 Å². The Labute approximate surface area is 87.1 Å². The Morgan fingerprint density at radius 3 is 2.67 bits per heavy atom. The van der Waals surface area contributed by atoms with Gasteiger partial charge in [-0.05, 0) is 25.2 Å². The predicted molar refractivity (Wildman–Crippen MR) is 49.9 cm³/mol. The molecule has 0 radical (unpaired) electrons. The second-order valence-electron chi connectivity index (χ2n) is 3.90. The highest BCUT2D eigenvalue weighted by Crippen LogP contribution is 2.26. The molecule has 1 heterocycles. The van der Waals surface area contributed by atoms with E-state index in [9.17, 15) is 13.2 Å². The Morgan fingerprint density at radius 1 is 1.47 bits per heavy atom. The lowest BCUT2D eigenvalue weighted by molar-refractivity contribution is -0.138. The summed E-state index contributed by atoms with van der Waals surface area (Å²) in [5.74, 6) is 5.36. The van der Waals surface area contributed by atoms with Gasteiger partial charge in [-0.15, -0.1) is 0 Å². The molecule has 1 saturated heterocycles. The Balaban J connectivity index is 2.34. The van der Waals surface area contributed by atoms with Crippen molar-refractivity contribution in [3.8, 4) is 0 Å². The van der Waals surface area contributed by atoms with Gasteiger partial charge in [0.05, 0.1) is 6.61 Å². The molecule has 2 atom stereocenters. The van der Waals surface area contributed by atoms with E-state index >= 15 is 0 Å². The highest BCUT2D eigenvalue weighted by Gasteiger charge is 2.31. The molecule has 2 unspecified atom stereocenters. The van der Waals surface area contributed by atoms with E-state index in [1.807, 2.05) is 0 Å². The van der Waals surface area contributed by atoms with Gasteiger partial charge in [-0.1, -0.05) is 0 Å². The van der Waals surface area contributed by atoms with Crippen molar-refractivity contribution in [1.29, 1.82) is 0 Å². The third kappa shape index (κ3) is 4.81. The maximum Gasteiger partial charge on any atom is 0.389 e. The first-order valence-electron chi connectivity index (χ1n) is 5.13. The summed E-state index contributed by atoms with van der Waals surface area (Å²) in [5.41, 5.74) is 2.46. The van der Waals surface area contributed by atoms with Gasteiger partial charge in [-0.25, -0.2) is 0 Å². The molecule has 0 aromatic carbocycles. The average Bonchev–Trinajstić information content (AvgIpc) is 2.19. The molecule has 1 rings (SSSR count). The summed E-state index contributed by atoms with van der Waals surface area (Å²) >= 11 is 0. The number of rotatable bonds is 4. The summed E-state index contributed by atoms with van der Waals surface area (Å²) in [6, 6.07) is -0.299. The molecule has 90 valence electrons. The van der Waals surface area contributed by atoms with E-state index in [1.165, 1.54) is 0 Å². The van der Waals surface area contributed by atoms with Crippen molar-refractivity contribution >= 4 is 0 Å². The van der Waals surface area contributed by atoms with Crippen molar-refractivity contribution in [3.05, 3.63) is 0 Å². The number of nitrogens with two attached hydrogens (primary N) is 1. The fourth-order valence-corrected chi connectivity index (χ4v) is 1.86. The zero-order chi connectivity index (χ0) is 11.3. The molecule has 1 fully saturated rings. The SMILES string of the molecule is NNC(CCC(F)(F)F)C1CCCOC1. The molecule has 0 saturated carbocycles. The van der Waals surface area contributed by atoms with Crippen molar-refractivity contribution in [2.75, 3.05) is 13.2 Å². The van der Waals surface area contributed by atoms with Gasteiger partial charge in [0.1, 0.15) is 0 Å². The van der Waals surface area contributed by atoms with Crippen LogP contribution in [0.3, 0.4) is 0 Å². The van der Waals surface area contributed by atoms with E-state index in [0.717, 1.165) is 12.8 Å². The molecule has 3 N–H and O–H groups in total.